The summed E-state index contributed by atoms with van der Waals surface area (Å²) in [6.07, 6.45) is 3.36. The van der Waals surface area contributed by atoms with Gasteiger partial charge in [-0.05, 0) is 19.3 Å². The van der Waals surface area contributed by atoms with E-state index < -0.39 is 11.1 Å². The molecule has 0 radical (unpaired) electrons. The Bertz CT molecular complexity index is 190. The van der Waals surface area contributed by atoms with Crippen molar-refractivity contribution in [3.05, 3.63) is 0 Å². The third kappa shape index (κ3) is 4.73. The fourth-order valence-electron chi connectivity index (χ4n) is 1.75. The van der Waals surface area contributed by atoms with E-state index in [1.807, 2.05) is 13.8 Å². The van der Waals surface area contributed by atoms with Gasteiger partial charge in [-0.25, -0.2) is 0 Å². The summed E-state index contributed by atoms with van der Waals surface area (Å²) >= 11 is -1.97. The number of hydrogen-bond acceptors (Lipinski definition) is 3. The van der Waals surface area contributed by atoms with E-state index in [9.17, 15) is 8.76 Å². The van der Waals surface area contributed by atoms with Gasteiger partial charge < -0.3 is 9.29 Å². The van der Waals surface area contributed by atoms with Gasteiger partial charge in [0.25, 0.3) is 0 Å². The van der Waals surface area contributed by atoms with Crippen LogP contribution in [0.5, 0.6) is 0 Å². The molecule has 0 saturated carbocycles. The minimum absolute atomic E-state index is 0. The summed E-state index contributed by atoms with van der Waals surface area (Å²) in [7, 11) is 0. The summed E-state index contributed by atoms with van der Waals surface area (Å²) in [5.41, 5.74) is -0.243. The minimum Gasteiger partial charge on any atom is -0.772 e. The van der Waals surface area contributed by atoms with E-state index in [0.717, 1.165) is 25.9 Å². The molecule has 1 saturated heterocycles. The van der Waals surface area contributed by atoms with Crippen molar-refractivity contribution < 1.29 is 43.1 Å². The van der Waals surface area contributed by atoms with Crippen LogP contribution >= 0.6 is 0 Å². The average Bonchev–Trinajstić information content (AvgIpc) is 2.04. The van der Waals surface area contributed by atoms with Crippen molar-refractivity contribution in [2.45, 2.75) is 39.2 Å². The molecule has 0 N–H and O–H groups in total. The smallest absolute Gasteiger partial charge is 0.772 e. The maximum Gasteiger partial charge on any atom is 1.00 e. The molecule has 0 aromatic rings. The molecule has 0 aliphatic carbocycles. The van der Waals surface area contributed by atoms with Gasteiger partial charge in [0, 0.05) is 17.8 Å². The third-order valence-electron chi connectivity index (χ3n) is 2.54. The van der Waals surface area contributed by atoms with Crippen molar-refractivity contribution in [2.24, 2.45) is 5.41 Å². The van der Waals surface area contributed by atoms with Gasteiger partial charge in [0.15, 0.2) is 0 Å². The molecule has 0 bridgehead atoms. The van der Waals surface area contributed by atoms with E-state index in [-0.39, 0.29) is 46.8 Å². The Morgan fingerprint density at radius 1 is 1.50 bits per heavy atom. The van der Waals surface area contributed by atoms with Gasteiger partial charge in [0.1, 0.15) is 0 Å². The molecule has 0 aromatic carbocycles. The number of rotatable bonds is 3. The van der Waals surface area contributed by atoms with Crippen molar-refractivity contribution in [3.8, 4) is 0 Å². The van der Waals surface area contributed by atoms with Gasteiger partial charge in [0.05, 0.1) is 6.10 Å². The van der Waals surface area contributed by atoms with Crippen LogP contribution in [0.2, 0.25) is 0 Å². The zero-order valence-electron chi connectivity index (χ0n) is 9.25. The largest absolute Gasteiger partial charge is 1.00 e. The van der Waals surface area contributed by atoms with Crippen LogP contribution in [0, 0.1) is 5.41 Å². The van der Waals surface area contributed by atoms with Gasteiger partial charge in [0.2, 0.25) is 0 Å². The van der Waals surface area contributed by atoms with E-state index in [1.165, 1.54) is 0 Å². The van der Waals surface area contributed by atoms with Crippen LogP contribution in [0.3, 0.4) is 0 Å². The van der Waals surface area contributed by atoms with Crippen molar-refractivity contribution in [1.29, 1.82) is 0 Å². The second-order valence-corrected chi connectivity index (χ2v) is 5.19. The van der Waals surface area contributed by atoms with Crippen LogP contribution in [-0.2, 0) is 15.8 Å². The van der Waals surface area contributed by atoms with Crippen LogP contribution in [0.15, 0.2) is 0 Å². The molecular formula is C9H17NaO3S. The Morgan fingerprint density at radius 3 is 2.57 bits per heavy atom. The van der Waals surface area contributed by atoms with Crippen molar-refractivity contribution in [3.63, 3.8) is 0 Å². The Kier molecular flexibility index (Phi) is 7.11. The van der Waals surface area contributed by atoms with E-state index >= 15 is 0 Å². The first-order valence-electron chi connectivity index (χ1n) is 4.70. The molecule has 2 unspecified atom stereocenters. The van der Waals surface area contributed by atoms with Gasteiger partial charge in [-0.3, -0.25) is 4.21 Å². The molecule has 14 heavy (non-hydrogen) atoms. The standard InChI is InChI=1S/C9H18O3S.Na/c1-9(2,7-13(10)11)8-5-3-4-6-12-8;/h8H,3-7H2,1-2H3,(H,10,11);/q;+1/p-1. The molecule has 2 atom stereocenters. The fourth-order valence-corrected chi connectivity index (χ4v) is 2.55. The maximum absolute atomic E-state index is 10.6. The zero-order valence-corrected chi connectivity index (χ0v) is 12.1. The molecule has 0 spiro atoms. The van der Waals surface area contributed by atoms with Gasteiger partial charge in [-0.15, -0.1) is 0 Å². The SMILES string of the molecule is CC(C)(CS(=O)[O-])C1CCCCO1.[Na+]. The Labute approximate surface area is 111 Å². The topological polar surface area (TPSA) is 49.4 Å². The molecule has 1 rings (SSSR count). The molecule has 0 amide bonds. The predicted molar refractivity (Wildman–Crippen MR) is 51.2 cm³/mol. The molecule has 5 heteroatoms. The Balaban J connectivity index is 0.00000169. The van der Waals surface area contributed by atoms with E-state index in [1.54, 1.807) is 0 Å². The number of hydrogen-bond donors (Lipinski definition) is 0. The van der Waals surface area contributed by atoms with Crippen LogP contribution < -0.4 is 29.6 Å². The molecular weight excluding hydrogens is 211 g/mol. The number of ether oxygens (including phenoxy) is 1. The van der Waals surface area contributed by atoms with Crippen molar-refractivity contribution in [1.82, 2.24) is 0 Å². The van der Waals surface area contributed by atoms with E-state index in [4.69, 9.17) is 4.74 Å². The van der Waals surface area contributed by atoms with Crippen LogP contribution in [0.4, 0.5) is 0 Å². The van der Waals surface area contributed by atoms with Crippen molar-refractivity contribution >= 4 is 11.1 Å². The summed E-state index contributed by atoms with van der Waals surface area (Å²) < 4.78 is 26.8. The molecule has 78 valence electrons. The molecule has 3 nitrogen and oxygen atoms in total. The minimum atomic E-state index is -1.97. The van der Waals surface area contributed by atoms with Crippen LogP contribution in [0.25, 0.3) is 0 Å². The first-order valence-corrected chi connectivity index (χ1v) is 5.94. The monoisotopic (exact) mass is 228 g/mol. The van der Waals surface area contributed by atoms with E-state index in [2.05, 4.69) is 0 Å². The molecule has 1 heterocycles. The van der Waals surface area contributed by atoms with Gasteiger partial charge in [-0.2, -0.15) is 0 Å². The van der Waals surface area contributed by atoms with Crippen LogP contribution in [-0.4, -0.2) is 27.2 Å². The average molecular weight is 228 g/mol. The quantitative estimate of drug-likeness (QED) is 0.435. The van der Waals surface area contributed by atoms with Crippen LogP contribution in [0.1, 0.15) is 33.1 Å². The maximum atomic E-state index is 10.6. The predicted octanol–water partition coefficient (Wildman–Crippen LogP) is -1.54. The summed E-state index contributed by atoms with van der Waals surface area (Å²) in [6, 6.07) is 0. The first-order chi connectivity index (χ1) is 6.02. The fraction of sp³-hybridized carbons (Fsp3) is 1.00. The normalized spacial score (nSPS) is 25.2. The Morgan fingerprint density at radius 2 is 2.14 bits per heavy atom. The first kappa shape index (κ1) is 15.1. The summed E-state index contributed by atoms with van der Waals surface area (Å²) in [4.78, 5) is 0. The second-order valence-electron chi connectivity index (χ2n) is 4.29. The zero-order chi connectivity index (χ0) is 9.90. The Hall–Kier alpha value is 1.07. The molecule has 1 aliphatic rings. The van der Waals surface area contributed by atoms with Gasteiger partial charge >= 0.3 is 29.6 Å². The summed E-state index contributed by atoms with van der Waals surface area (Å²) in [6.45, 7) is 4.69. The summed E-state index contributed by atoms with van der Waals surface area (Å²) in [5.74, 6) is 0.192. The summed E-state index contributed by atoms with van der Waals surface area (Å²) in [5, 5.41) is 0. The van der Waals surface area contributed by atoms with Crippen molar-refractivity contribution in [2.75, 3.05) is 12.4 Å². The van der Waals surface area contributed by atoms with Gasteiger partial charge in [-0.1, -0.05) is 24.9 Å². The molecule has 0 aromatic heterocycles. The molecule has 1 aliphatic heterocycles. The third-order valence-corrected chi connectivity index (χ3v) is 3.52. The molecule has 1 fully saturated rings. The van der Waals surface area contributed by atoms with E-state index in [0.29, 0.717) is 0 Å². The second kappa shape index (κ2) is 6.61.